The largest absolute Gasteiger partial charge is 0.504 e. The number of nitrogens with two attached hydrogens (primary N) is 1. The third kappa shape index (κ3) is 5.32. The molecule has 0 atom stereocenters. The van der Waals surface area contributed by atoms with Crippen LogP contribution in [0.5, 0.6) is 11.5 Å². The first-order chi connectivity index (χ1) is 13.5. The number of thiazole rings is 1. The molecule has 0 saturated carbocycles. The van der Waals surface area contributed by atoms with Crippen LogP contribution in [0.4, 0.5) is 5.13 Å². The number of carboxylic acids is 1. The van der Waals surface area contributed by atoms with Crippen LogP contribution in [-0.4, -0.2) is 49.4 Å². The van der Waals surface area contributed by atoms with E-state index in [1.807, 2.05) is 0 Å². The lowest BCUT2D eigenvalue weighted by Crippen LogP contribution is -2.51. The fourth-order valence-electron chi connectivity index (χ4n) is 1.79. The van der Waals surface area contributed by atoms with Gasteiger partial charge in [-0.1, -0.05) is 5.16 Å². The van der Waals surface area contributed by atoms with Gasteiger partial charge < -0.3 is 25.9 Å². The normalized spacial score (nSPS) is 11.6. The fourth-order valence-corrected chi connectivity index (χ4v) is 2.34. The molecule has 0 saturated heterocycles. The lowest BCUT2D eigenvalue weighted by Gasteiger charge is -2.21. The molecule has 13 heteroatoms. The summed E-state index contributed by atoms with van der Waals surface area (Å²) in [5.74, 6) is -3.98. The van der Waals surface area contributed by atoms with E-state index in [-0.39, 0.29) is 16.4 Å². The zero-order chi connectivity index (χ0) is 21.8. The first-order valence-electron chi connectivity index (χ1n) is 7.85. The lowest BCUT2D eigenvalue weighted by atomic mass is 10.1. The average molecular weight is 423 g/mol. The third-order valence-corrected chi connectivity index (χ3v) is 4.08. The van der Waals surface area contributed by atoms with E-state index in [1.54, 1.807) is 0 Å². The minimum Gasteiger partial charge on any atom is -0.504 e. The molecule has 2 aromatic rings. The minimum absolute atomic E-state index is 0.0309. The molecular weight excluding hydrogens is 406 g/mol. The highest BCUT2D eigenvalue weighted by molar-refractivity contribution is 7.13. The van der Waals surface area contributed by atoms with Gasteiger partial charge in [0.15, 0.2) is 16.6 Å². The van der Waals surface area contributed by atoms with Crippen LogP contribution in [0, 0.1) is 0 Å². The molecular formula is C16H17N5O7S. The number of benzene rings is 1. The van der Waals surface area contributed by atoms with E-state index in [1.165, 1.54) is 25.3 Å². The van der Waals surface area contributed by atoms with Crippen LogP contribution in [0.3, 0.4) is 0 Å². The van der Waals surface area contributed by atoms with Crippen LogP contribution in [0.1, 0.15) is 29.9 Å². The second-order valence-electron chi connectivity index (χ2n) is 6.03. The van der Waals surface area contributed by atoms with E-state index >= 15 is 0 Å². The van der Waals surface area contributed by atoms with Gasteiger partial charge in [0.1, 0.15) is 5.69 Å². The number of nitrogens with one attached hydrogen (secondary N) is 2. The molecule has 0 radical (unpaired) electrons. The number of aromatic hydroxyl groups is 2. The molecule has 0 aliphatic heterocycles. The molecule has 1 aromatic carbocycles. The maximum atomic E-state index is 12.3. The maximum absolute atomic E-state index is 12.3. The zero-order valence-electron chi connectivity index (χ0n) is 15.2. The van der Waals surface area contributed by atoms with Gasteiger partial charge in [-0.15, -0.1) is 11.3 Å². The number of oxime groups is 1. The van der Waals surface area contributed by atoms with Crippen molar-refractivity contribution in [2.24, 2.45) is 5.16 Å². The molecule has 1 aromatic heterocycles. The molecule has 12 nitrogen and oxygen atoms in total. The van der Waals surface area contributed by atoms with Crippen molar-refractivity contribution in [1.29, 1.82) is 0 Å². The Morgan fingerprint density at radius 1 is 1.21 bits per heavy atom. The van der Waals surface area contributed by atoms with E-state index in [0.717, 1.165) is 23.5 Å². The minimum atomic E-state index is -1.67. The molecule has 2 rings (SSSR count). The summed E-state index contributed by atoms with van der Waals surface area (Å²) in [5.41, 5.74) is 7.36. The van der Waals surface area contributed by atoms with Crippen molar-refractivity contribution in [3.8, 4) is 11.5 Å². The van der Waals surface area contributed by atoms with Gasteiger partial charge in [-0.2, -0.15) is 0 Å². The number of carbonyl (C=O) groups excluding carboxylic acids is 2. The summed E-state index contributed by atoms with van der Waals surface area (Å²) < 4.78 is 0. The van der Waals surface area contributed by atoms with Gasteiger partial charge in [-0.05, 0) is 32.0 Å². The molecule has 0 aliphatic rings. The number of aliphatic carboxylic acids is 1. The molecule has 0 aliphatic carbocycles. The van der Waals surface area contributed by atoms with Gasteiger partial charge >= 0.3 is 5.97 Å². The SMILES string of the molecule is CC(C)(ON=C(C(=O)O)c1csc(N)n1)C(=O)NNC(=O)c1ccc(O)c(O)c1. The smallest absolute Gasteiger partial charge is 0.360 e. The Labute approximate surface area is 167 Å². The van der Waals surface area contributed by atoms with Crippen molar-refractivity contribution in [3.05, 3.63) is 34.8 Å². The topological polar surface area (TPSA) is 196 Å². The summed E-state index contributed by atoms with van der Waals surface area (Å²) in [6, 6.07) is 3.33. The highest BCUT2D eigenvalue weighted by Crippen LogP contribution is 2.24. The number of aromatic nitrogens is 1. The van der Waals surface area contributed by atoms with Crippen LogP contribution >= 0.6 is 11.3 Å². The van der Waals surface area contributed by atoms with E-state index in [9.17, 15) is 29.7 Å². The van der Waals surface area contributed by atoms with E-state index in [4.69, 9.17) is 10.6 Å². The van der Waals surface area contributed by atoms with Crippen LogP contribution in [0.25, 0.3) is 0 Å². The molecule has 0 spiro atoms. The zero-order valence-corrected chi connectivity index (χ0v) is 16.0. The Hall–Kier alpha value is -3.87. The van der Waals surface area contributed by atoms with Crippen LogP contribution in [-0.2, 0) is 14.4 Å². The van der Waals surface area contributed by atoms with Gasteiger partial charge in [-0.25, -0.2) is 9.78 Å². The van der Waals surface area contributed by atoms with Gasteiger partial charge in [0.2, 0.25) is 11.3 Å². The first-order valence-corrected chi connectivity index (χ1v) is 8.73. The van der Waals surface area contributed by atoms with Crippen molar-refractivity contribution in [1.82, 2.24) is 15.8 Å². The van der Waals surface area contributed by atoms with E-state index < -0.39 is 40.6 Å². The fraction of sp³-hybridized carbons (Fsp3) is 0.188. The predicted octanol–water partition coefficient (Wildman–Crippen LogP) is 0.182. The van der Waals surface area contributed by atoms with Crippen molar-refractivity contribution in [2.75, 3.05) is 5.73 Å². The molecule has 0 bridgehead atoms. The van der Waals surface area contributed by atoms with Crippen molar-refractivity contribution in [3.63, 3.8) is 0 Å². The number of nitrogen functional groups attached to an aromatic ring is 1. The number of carbonyl (C=O) groups is 3. The number of phenols is 2. The number of amides is 2. The molecule has 7 N–H and O–H groups in total. The van der Waals surface area contributed by atoms with Crippen LogP contribution < -0.4 is 16.6 Å². The molecule has 0 fully saturated rings. The number of phenolic OH excluding ortho intramolecular Hbond substituents is 2. The van der Waals surface area contributed by atoms with Gasteiger partial charge in [-0.3, -0.25) is 20.4 Å². The molecule has 1 heterocycles. The summed E-state index contributed by atoms with van der Waals surface area (Å²) in [7, 11) is 0. The van der Waals surface area contributed by atoms with Gasteiger partial charge in [0.25, 0.3) is 11.8 Å². The number of nitrogens with zero attached hydrogens (tertiary/aromatic N) is 2. The highest BCUT2D eigenvalue weighted by atomic mass is 32.1. The maximum Gasteiger partial charge on any atom is 0.360 e. The molecule has 154 valence electrons. The number of rotatable bonds is 6. The Kier molecular flexibility index (Phi) is 6.23. The number of hydrazine groups is 1. The van der Waals surface area contributed by atoms with Crippen molar-refractivity contribution < 1.29 is 34.5 Å². The van der Waals surface area contributed by atoms with E-state index in [0.29, 0.717) is 0 Å². The monoisotopic (exact) mass is 423 g/mol. The summed E-state index contributed by atoms with van der Waals surface area (Å²) in [4.78, 5) is 44.4. The Morgan fingerprint density at radius 2 is 1.90 bits per heavy atom. The summed E-state index contributed by atoms with van der Waals surface area (Å²) in [6.45, 7) is 2.58. The summed E-state index contributed by atoms with van der Waals surface area (Å²) >= 11 is 1.01. The van der Waals surface area contributed by atoms with E-state index in [2.05, 4.69) is 21.0 Å². The lowest BCUT2D eigenvalue weighted by molar-refractivity contribution is -0.144. The molecule has 0 unspecified atom stereocenters. The molecule has 2 amide bonds. The summed E-state index contributed by atoms with van der Waals surface area (Å²) in [5, 5.41) is 32.9. The third-order valence-electron chi connectivity index (χ3n) is 3.41. The quantitative estimate of drug-likeness (QED) is 0.213. The van der Waals surface area contributed by atoms with Gasteiger partial charge in [0.05, 0.1) is 0 Å². The Balaban J connectivity index is 2.03. The number of carboxylic acid groups (broad SMARTS) is 1. The standard InChI is InChI=1S/C16H17N5O7S/c1-16(2,28-21-11(13(25)26)8-6-29-15(17)18-8)14(27)20-19-12(24)7-3-4-9(22)10(23)5-7/h3-6,22-23H,1-2H3,(H2,17,18)(H,19,24)(H,20,27)(H,25,26). The molecule has 29 heavy (non-hydrogen) atoms. The second kappa shape index (κ2) is 8.43. The van der Waals surface area contributed by atoms with Crippen LogP contribution in [0.15, 0.2) is 28.7 Å². The van der Waals surface area contributed by atoms with Crippen LogP contribution in [0.2, 0.25) is 0 Å². The summed E-state index contributed by atoms with van der Waals surface area (Å²) in [6.07, 6.45) is 0. The Bertz CT molecular complexity index is 986. The second-order valence-corrected chi connectivity index (χ2v) is 6.92. The highest BCUT2D eigenvalue weighted by Gasteiger charge is 2.32. The van der Waals surface area contributed by atoms with Gasteiger partial charge in [0, 0.05) is 10.9 Å². The number of hydrogen-bond acceptors (Lipinski definition) is 10. The predicted molar refractivity (Wildman–Crippen MR) is 101 cm³/mol. The Morgan fingerprint density at radius 3 is 2.45 bits per heavy atom. The van der Waals surface area contributed by atoms with Crippen molar-refractivity contribution in [2.45, 2.75) is 19.4 Å². The van der Waals surface area contributed by atoms with Crippen molar-refractivity contribution >= 4 is 40.0 Å². The number of anilines is 1. The average Bonchev–Trinajstić information content (AvgIpc) is 3.07. The first kappa shape index (κ1) is 21.4. The number of hydrogen-bond donors (Lipinski definition) is 6.